The quantitative estimate of drug-likeness (QED) is 0.460. The Morgan fingerprint density at radius 1 is 1.36 bits per heavy atom. The van der Waals surface area contributed by atoms with Crippen LogP contribution in [-0.4, -0.2) is 49.0 Å². The molecule has 2 aromatic heterocycles. The van der Waals surface area contributed by atoms with E-state index >= 15 is 0 Å². The highest BCUT2D eigenvalue weighted by Gasteiger charge is 2.37. The molecule has 1 unspecified atom stereocenters. The summed E-state index contributed by atoms with van der Waals surface area (Å²) in [6.07, 6.45) is 1.29. The van der Waals surface area contributed by atoms with Crippen LogP contribution in [0.2, 0.25) is 0 Å². The molecule has 1 aromatic carbocycles. The van der Waals surface area contributed by atoms with Crippen molar-refractivity contribution < 1.29 is 9.59 Å². The van der Waals surface area contributed by atoms with Crippen molar-refractivity contribution in [3.05, 3.63) is 36.2 Å². The number of amides is 1. The number of likely N-dealkylation sites (N-methyl/N-ethyl adjacent to an activating group) is 1. The molecule has 3 aromatic rings. The molecule has 126 valence electrons. The summed E-state index contributed by atoms with van der Waals surface area (Å²) in [5.74, 6) is -0.351. The lowest BCUT2D eigenvalue weighted by Crippen LogP contribution is -2.46. The third-order valence-corrected chi connectivity index (χ3v) is 4.87. The second-order valence-electron chi connectivity index (χ2n) is 5.43. The summed E-state index contributed by atoms with van der Waals surface area (Å²) in [6.45, 7) is 0. The van der Waals surface area contributed by atoms with E-state index in [1.54, 1.807) is 23.5 Å². The Morgan fingerprint density at radius 3 is 2.96 bits per heavy atom. The van der Waals surface area contributed by atoms with Gasteiger partial charge in [-0.2, -0.15) is 4.98 Å². The molecule has 25 heavy (non-hydrogen) atoms. The van der Waals surface area contributed by atoms with Crippen LogP contribution < -0.4 is 11.1 Å². The van der Waals surface area contributed by atoms with Crippen molar-refractivity contribution in [2.75, 3.05) is 18.1 Å². The monoisotopic (exact) mass is 355 g/mol. The number of nitrogen functional groups attached to an aromatic ring is 1. The summed E-state index contributed by atoms with van der Waals surface area (Å²) in [6, 6.07) is 6.24. The Labute approximate surface area is 146 Å². The molecule has 0 radical (unpaired) electrons. The lowest BCUT2D eigenvalue weighted by atomic mass is 10.0. The van der Waals surface area contributed by atoms with Gasteiger partial charge >= 0.3 is 0 Å². The number of Topliss-reactive ketones (excluding diaryl/α,β-unsaturated/α-hetero) is 1. The Kier molecular flexibility index (Phi) is 3.62. The number of fused-ring (bicyclic) bond motifs is 2. The fourth-order valence-electron chi connectivity index (χ4n) is 2.64. The van der Waals surface area contributed by atoms with Gasteiger partial charge in [0.2, 0.25) is 5.95 Å². The van der Waals surface area contributed by atoms with Crippen LogP contribution in [0.25, 0.3) is 11.2 Å². The van der Waals surface area contributed by atoms with E-state index in [0.29, 0.717) is 16.7 Å². The van der Waals surface area contributed by atoms with Gasteiger partial charge in [-0.1, -0.05) is 18.2 Å². The number of carbonyl (C=O) groups is 2. The lowest BCUT2D eigenvalue weighted by molar-refractivity contribution is -0.118. The zero-order valence-electron chi connectivity index (χ0n) is 13.1. The molecular formula is C15H13N7O2S. The van der Waals surface area contributed by atoms with Crippen molar-refractivity contribution in [2.45, 2.75) is 10.9 Å². The number of nitrogens with zero attached hydrogens (tertiary/aromatic N) is 4. The fraction of sp³-hybridized carbons (Fsp3) is 0.133. The lowest BCUT2D eigenvalue weighted by Gasteiger charge is -2.30. The van der Waals surface area contributed by atoms with Gasteiger partial charge in [-0.3, -0.25) is 14.9 Å². The number of ketones is 1. The van der Waals surface area contributed by atoms with Gasteiger partial charge in [0.1, 0.15) is 11.8 Å². The van der Waals surface area contributed by atoms with Crippen LogP contribution in [-0.2, 0) is 4.79 Å². The minimum Gasteiger partial charge on any atom is -0.382 e. The Hall–Kier alpha value is -2.98. The molecular weight excluding hydrogens is 342 g/mol. The van der Waals surface area contributed by atoms with E-state index < -0.39 is 11.9 Å². The molecule has 1 aliphatic heterocycles. The smallest absolute Gasteiger partial charge is 0.252 e. The standard InChI is InChI=1S/C15H13N7O2S/c1-22-10(11(23)7-4-2-3-5-8(7)25-22)14(24)21-15-19-9-12(16)17-6-18-13(9)20-15/h2-6,10H,1H3,(H4,16,17,18,19,20,21,24). The van der Waals surface area contributed by atoms with E-state index in [9.17, 15) is 9.59 Å². The maximum absolute atomic E-state index is 12.7. The molecule has 1 aliphatic rings. The number of rotatable bonds is 2. The highest BCUT2D eigenvalue weighted by atomic mass is 32.2. The van der Waals surface area contributed by atoms with Crippen LogP contribution in [0.1, 0.15) is 10.4 Å². The predicted molar refractivity (Wildman–Crippen MR) is 92.9 cm³/mol. The highest BCUT2D eigenvalue weighted by Crippen LogP contribution is 2.34. The molecule has 9 nitrogen and oxygen atoms in total. The molecule has 1 amide bonds. The number of carbonyl (C=O) groups excluding carboxylic acids is 2. The maximum atomic E-state index is 12.7. The van der Waals surface area contributed by atoms with Gasteiger partial charge < -0.3 is 10.7 Å². The number of anilines is 2. The molecule has 0 saturated heterocycles. The summed E-state index contributed by atoms with van der Waals surface area (Å²) in [5, 5.41) is 2.62. The van der Waals surface area contributed by atoms with E-state index in [0.717, 1.165) is 4.90 Å². The van der Waals surface area contributed by atoms with Crippen LogP contribution in [0.5, 0.6) is 0 Å². The van der Waals surface area contributed by atoms with E-state index in [1.165, 1.54) is 18.3 Å². The zero-order valence-corrected chi connectivity index (χ0v) is 13.9. The number of imidazole rings is 1. The molecule has 3 heterocycles. The number of nitrogens with two attached hydrogens (primary N) is 1. The SMILES string of the molecule is CN1Sc2ccccc2C(=O)C1C(=O)Nc1nc2ncnc(N)c2[nH]1. The number of aromatic nitrogens is 4. The van der Waals surface area contributed by atoms with Gasteiger partial charge in [0.25, 0.3) is 5.91 Å². The van der Waals surface area contributed by atoms with Crippen molar-refractivity contribution >= 4 is 46.6 Å². The van der Waals surface area contributed by atoms with Gasteiger partial charge in [-0.15, -0.1) is 0 Å². The minimum absolute atomic E-state index is 0.164. The molecule has 0 saturated carbocycles. The second-order valence-corrected chi connectivity index (χ2v) is 6.63. The summed E-state index contributed by atoms with van der Waals surface area (Å²) < 4.78 is 1.62. The first-order valence-electron chi connectivity index (χ1n) is 7.35. The molecule has 0 fully saturated rings. The molecule has 10 heteroatoms. The van der Waals surface area contributed by atoms with Crippen molar-refractivity contribution in [1.29, 1.82) is 0 Å². The maximum Gasteiger partial charge on any atom is 0.252 e. The number of hydrogen-bond donors (Lipinski definition) is 3. The largest absolute Gasteiger partial charge is 0.382 e. The molecule has 1 atom stereocenters. The van der Waals surface area contributed by atoms with E-state index in [2.05, 4.69) is 25.3 Å². The number of hydrogen-bond acceptors (Lipinski definition) is 8. The molecule has 0 bridgehead atoms. The normalized spacial score (nSPS) is 17.5. The summed E-state index contributed by atoms with van der Waals surface area (Å²) in [4.78, 5) is 41.0. The van der Waals surface area contributed by atoms with Crippen LogP contribution in [0.4, 0.5) is 11.8 Å². The topological polar surface area (TPSA) is 130 Å². The summed E-state index contributed by atoms with van der Waals surface area (Å²) >= 11 is 1.35. The van der Waals surface area contributed by atoms with Crippen molar-refractivity contribution in [2.24, 2.45) is 0 Å². The first-order chi connectivity index (χ1) is 12.0. The van der Waals surface area contributed by atoms with Crippen LogP contribution in [0.15, 0.2) is 35.5 Å². The Bertz CT molecular complexity index is 1000. The predicted octanol–water partition coefficient (Wildman–Crippen LogP) is 1.08. The Morgan fingerprint density at radius 2 is 2.16 bits per heavy atom. The minimum atomic E-state index is -0.962. The molecule has 0 spiro atoms. The van der Waals surface area contributed by atoms with Crippen LogP contribution in [0.3, 0.4) is 0 Å². The number of H-pyrrole nitrogens is 1. The Balaban J connectivity index is 1.62. The van der Waals surface area contributed by atoms with Crippen molar-refractivity contribution in [3.8, 4) is 0 Å². The van der Waals surface area contributed by atoms with Gasteiger partial charge in [0, 0.05) is 10.5 Å². The third kappa shape index (κ3) is 2.61. The molecule has 4 N–H and O–H groups in total. The first kappa shape index (κ1) is 15.5. The average Bonchev–Trinajstić information content (AvgIpc) is 2.98. The second kappa shape index (κ2) is 5.83. The number of aromatic amines is 1. The number of benzene rings is 1. The van der Waals surface area contributed by atoms with Crippen molar-refractivity contribution in [3.63, 3.8) is 0 Å². The average molecular weight is 355 g/mol. The summed E-state index contributed by atoms with van der Waals surface area (Å²) in [5.41, 5.74) is 7.04. The van der Waals surface area contributed by atoms with Crippen LogP contribution in [0, 0.1) is 0 Å². The van der Waals surface area contributed by atoms with Crippen molar-refractivity contribution in [1.82, 2.24) is 24.2 Å². The number of nitrogens with one attached hydrogen (secondary N) is 2. The third-order valence-electron chi connectivity index (χ3n) is 3.81. The van der Waals surface area contributed by atoms with Gasteiger partial charge in [0.05, 0.1) is 0 Å². The summed E-state index contributed by atoms with van der Waals surface area (Å²) in [7, 11) is 1.70. The molecule has 4 rings (SSSR count). The fourth-order valence-corrected chi connectivity index (χ4v) is 3.66. The zero-order chi connectivity index (χ0) is 17.6. The van der Waals surface area contributed by atoms with E-state index in [1.807, 2.05) is 12.1 Å². The van der Waals surface area contributed by atoms with E-state index in [4.69, 9.17) is 5.73 Å². The van der Waals surface area contributed by atoms with Gasteiger partial charge in [0.15, 0.2) is 23.3 Å². The highest BCUT2D eigenvalue weighted by molar-refractivity contribution is 7.97. The van der Waals surface area contributed by atoms with Gasteiger partial charge in [-0.25, -0.2) is 14.3 Å². The molecule has 0 aliphatic carbocycles. The van der Waals surface area contributed by atoms with Crippen LogP contribution >= 0.6 is 11.9 Å². The first-order valence-corrected chi connectivity index (χ1v) is 8.13. The van der Waals surface area contributed by atoms with E-state index in [-0.39, 0.29) is 17.5 Å². The van der Waals surface area contributed by atoms with Gasteiger partial charge in [-0.05, 0) is 25.1 Å².